The van der Waals surface area contributed by atoms with Crippen LogP contribution in [-0.2, 0) is 0 Å². The number of hydrogen-bond donors (Lipinski definition) is 2. The highest BCUT2D eigenvalue weighted by Gasteiger charge is 2.29. The fourth-order valence-electron chi connectivity index (χ4n) is 0.900. The second-order valence-electron chi connectivity index (χ2n) is 4.26. The Morgan fingerprint density at radius 1 is 1.00 bits per heavy atom. The average Bonchev–Trinajstić information content (AvgIpc) is 1.81. The Hall–Kier alpha value is -0.290. The maximum absolute atomic E-state index is 11.7. The molecule has 0 aromatic rings. The molecule has 0 aliphatic rings. The second kappa shape index (κ2) is 4.81. The molecular formula is C8H19F3N2+2. The Morgan fingerprint density at radius 2 is 1.54 bits per heavy atom. The lowest BCUT2D eigenvalue weighted by Crippen LogP contribution is -3.00. The highest BCUT2D eigenvalue weighted by atomic mass is 19.4. The van der Waals surface area contributed by atoms with E-state index < -0.39 is 12.7 Å². The number of quaternary nitrogens is 2. The van der Waals surface area contributed by atoms with Crippen molar-refractivity contribution in [3.8, 4) is 0 Å². The molecule has 2 nitrogen and oxygen atoms in total. The largest absolute Gasteiger partial charge is 0.438 e. The SMILES string of the molecule is CC(C)(C)[NH2+]CC[NH2+]CC(F)(F)F. The molecule has 0 saturated carbocycles. The summed E-state index contributed by atoms with van der Waals surface area (Å²) in [7, 11) is 0. The summed E-state index contributed by atoms with van der Waals surface area (Å²) >= 11 is 0. The molecule has 0 amide bonds. The van der Waals surface area contributed by atoms with E-state index in [1.165, 1.54) is 5.32 Å². The predicted molar refractivity (Wildman–Crippen MR) is 44.3 cm³/mol. The Kier molecular flexibility index (Phi) is 4.70. The minimum Gasteiger partial charge on any atom is -0.337 e. The molecule has 0 aliphatic carbocycles. The van der Waals surface area contributed by atoms with Gasteiger partial charge in [0.25, 0.3) is 0 Å². The van der Waals surface area contributed by atoms with Gasteiger partial charge >= 0.3 is 6.18 Å². The molecule has 0 spiro atoms. The normalized spacial score (nSPS) is 13.4. The molecule has 0 heterocycles. The molecule has 0 aliphatic heterocycles. The first kappa shape index (κ1) is 12.7. The summed E-state index contributed by atoms with van der Waals surface area (Å²) in [5, 5.41) is 3.34. The van der Waals surface area contributed by atoms with Gasteiger partial charge in [-0.25, -0.2) is 0 Å². The predicted octanol–water partition coefficient (Wildman–Crippen LogP) is -0.526. The maximum atomic E-state index is 11.7. The Morgan fingerprint density at radius 3 is 1.92 bits per heavy atom. The van der Waals surface area contributed by atoms with Gasteiger partial charge in [-0.3, -0.25) is 0 Å². The first-order valence-corrected chi connectivity index (χ1v) is 4.43. The smallest absolute Gasteiger partial charge is 0.337 e. The molecule has 0 rings (SSSR count). The van der Waals surface area contributed by atoms with E-state index in [4.69, 9.17) is 0 Å². The van der Waals surface area contributed by atoms with Crippen LogP contribution in [0.25, 0.3) is 0 Å². The van der Waals surface area contributed by atoms with E-state index in [9.17, 15) is 13.2 Å². The summed E-state index contributed by atoms with van der Waals surface area (Å²) < 4.78 is 35.0. The minimum absolute atomic E-state index is 0.103. The lowest BCUT2D eigenvalue weighted by Gasteiger charge is -2.16. The molecular weight excluding hydrogens is 181 g/mol. The van der Waals surface area contributed by atoms with Gasteiger partial charge in [-0.2, -0.15) is 13.2 Å². The zero-order chi connectivity index (χ0) is 10.5. The summed E-state index contributed by atoms with van der Waals surface area (Å²) in [5.74, 6) is 0. The highest BCUT2D eigenvalue weighted by molar-refractivity contribution is 4.51. The number of alkyl halides is 3. The van der Waals surface area contributed by atoms with Gasteiger partial charge in [-0.05, 0) is 20.8 Å². The van der Waals surface area contributed by atoms with Gasteiger partial charge in [0.1, 0.15) is 13.1 Å². The van der Waals surface area contributed by atoms with Gasteiger partial charge in [0.05, 0.1) is 5.54 Å². The first-order chi connectivity index (χ1) is 5.71. The summed E-state index contributed by atoms with van der Waals surface area (Å²) in [6.07, 6.45) is -4.04. The molecule has 0 saturated heterocycles. The van der Waals surface area contributed by atoms with Crippen molar-refractivity contribution in [3.05, 3.63) is 0 Å². The number of halogens is 3. The van der Waals surface area contributed by atoms with Crippen molar-refractivity contribution in [2.75, 3.05) is 19.6 Å². The first-order valence-electron chi connectivity index (χ1n) is 4.43. The van der Waals surface area contributed by atoms with Crippen LogP contribution in [0.5, 0.6) is 0 Å². The van der Waals surface area contributed by atoms with Crippen molar-refractivity contribution in [1.29, 1.82) is 0 Å². The molecule has 13 heavy (non-hydrogen) atoms. The zero-order valence-corrected chi connectivity index (χ0v) is 8.41. The van der Waals surface area contributed by atoms with Crippen LogP contribution in [0.15, 0.2) is 0 Å². The summed E-state index contributed by atoms with van der Waals surface area (Å²) in [6, 6.07) is 0. The topological polar surface area (TPSA) is 33.2 Å². The molecule has 0 atom stereocenters. The zero-order valence-electron chi connectivity index (χ0n) is 8.41. The number of nitrogens with two attached hydrogens (primary N) is 2. The van der Waals surface area contributed by atoms with Crippen LogP contribution in [0.4, 0.5) is 13.2 Å². The second-order valence-corrected chi connectivity index (χ2v) is 4.26. The van der Waals surface area contributed by atoms with Crippen molar-refractivity contribution in [2.24, 2.45) is 0 Å². The van der Waals surface area contributed by atoms with E-state index in [-0.39, 0.29) is 5.54 Å². The minimum atomic E-state index is -4.04. The van der Waals surface area contributed by atoms with Crippen molar-refractivity contribution >= 4 is 0 Å². The quantitative estimate of drug-likeness (QED) is 0.572. The third-order valence-electron chi connectivity index (χ3n) is 1.50. The van der Waals surface area contributed by atoms with Crippen molar-refractivity contribution in [3.63, 3.8) is 0 Å². The third-order valence-corrected chi connectivity index (χ3v) is 1.50. The van der Waals surface area contributed by atoms with Crippen LogP contribution in [0.3, 0.4) is 0 Å². The third kappa shape index (κ3) is 11.7. The molecule has 80 valence electrons. The van der Waals surface area contributed by atoms with E-state index in [0.29, 0.717) is 6.54 Å². The van der Waals surface area contributed by atoms with Gasteiger partial charge in [0.15, 0.2) is 6.54 Å². The van der Waals surface area contributed by atoms with Gasteiger partial charge in [-0.1, -0.05) is 0 Å². The molecule has 0 aromatic heterocycles. The Labute approximate surface area is 76.9 Å². The standard InChI is InChI=1S/C8H17F3N2/c1-7(2,3)13-5-4-12-6-8(9,10)11/h12-13H,4-6H2,1-3H3/p+2. The highest BCUT2D eigenvalue weighted by Crippen LogP contribution is 2.09. The maximum Gasteiger partial charge on any atom is 0.438 e. The van der Waals surface area contributed by atoms with Crippen LogP contribution in [0.1, 0.15) is 20.8 Å². The number of hydrogen-bond acceptors (Lipinski definition) is 0. The Bertz CT molecular complexity index is 121. The molecule has 0 aromatic carbocycles. The van der Waals surface area contributed by atoms with E-state index >= 15 is 0 Å². The van der Waals surface area contributed by atoms with E-state index in [1.807, 2.05) is 26.1 Å². The number of rotatable bonds is 4. The van der Waals surface area contributed by atoms with E-state index in [2.05, 4.69) is 0 Å². The average molecular weight is 200 g/mol. The molecule has 4 N–H and O–H groups in total. The lowest BCUT2D eigenvalue weighted by atomic mass is 10.1. The lowest BCUT2D eigenvalue weighted by molar-refractivity contribution is -0.762. The monoisotopic (exact) mass is 200 g/mol. The van der Waals surface area contributed by atoms with Gasteiger partial charge < -0.3 is 10.6 Å². The molecule has 0 fully saturated rings. The van der Waals surface area contributed by atoms with Crippen LogP contribution in [0.2, 0.25) is 0 Å². The summed E-state index contributed by atoms with van der Waals surface area (Å²) in [5.41, 5.74) is 0.103. The van der Waals surface area contributed by atoms with Gasteiger partial charge in [0.2, 0.25) is 0 Å². The fourth-order valence-corrected chi connectivity index (χ4v) is 0.900. The van der Waals surface area contributed by atoms with Crippen LogP contribution in [-0.4, -0.2) is 31.3 Å². The summed E-state index contributed by atoms with van der Waals surface area (Å²) in [6.45, 7) is 6.58. The molecule has 0 radical (unpaired) electrons. The van der Waals surface area contributed by atoms with Crippen molar-refractivity contribution in [1.82, 2.24) is 0 Å². The van der Waals surface area contributed by atoms with Crippen LogP contribution < -0.4 is 10.6 Å². The summed E-state index contributed by atoms with van der Waals surface area (Å²) in [4.78, 5) is 0. The van der Waals surface area contributed by atoms with Gasteiger partial charge in [0, 0.05) is 0 Å². The molecule has 0 unspecified atom stereocenters. The van der Waals surface area contributed by atoms with Gasteiger partial charge in [-0.15, -0.1) is 0 Å². The Balaban J connectivity index is 3.28. The van der Waals surface area contributed by atoms with E-state index in [0.717, 1.165) is 6.54 Å². The van der Waals surface area contributed by atoms with Crippen molar-refractivity contribution < 1.29 is 23.8 Å². The molecule has 5 heteroatoms. The van der Waals surface area contributed by atoms with Crippen LogP contribution in [0, 0.1) is 0 Å². The van der Waals surface area contributed by atoms with Crippen LogP contribution >= 0.6 is 0 Å². The van der Waals surface area contributed by atoms with E-state index in [1.54, 1.807) is 0 Å². The van der Waals surface area contributed by atoms with Crippen molar-refractivity contribution in [2.45, 2.75) is 32.5 Å². The fraction of sp³-hybridized carbons (Fsp3) is 1.00. The molecule has 0 bridgehead atoms.